The van der Waals surface area contributed by atoms with Gasteiger partial charge in [-0.2, -0.15) is 0 Å². The van der Waals surface area contributed by atoms with Crippen molar-refractivity contribution in [3.05, 3.63) is 75.0 Å². The fourth-order valence-electron chi connectivity index (χ4n) is 3.53. The Morgan fingerprint density at radius 1 is 1.19 bits per heavy atom. The number of halogens is 1. The number of nitrogens with one attached hydrogen (secondary N) is 1. The topological polar surface area (TPSA) is 99.6 Å². The number of amides is 3. The molecule has 3 aromatic rings. The van der Waals surface area contributed by atoms with E-state index in [1.54, 1.807) is 19.1 Å². The fourth-order valence-corrected chi connectivity index (χ4v) is 4.53. The second-order valence-electron chi connectivity index (χ2n) is 7.51. The number of anilines is 1. The number of aromatic hydroxyl groups is 1. The number of phenols is 1. The van der Waals surface area contributed by atoms with E-state index < -0.39 is 23.5 Å². The quantitative estimate of drug-likeness (QED) is 0.548. The van der Waals surface area contributed by atoms with Crippen LogP contribution in [0.25, 0.3) is 0 Å². The van der Waals surface area contributed by atoms with Crippen LogP contribution in [0.1, 0.15) is 53.6 Å². The minimum atomic E-state index is -0.498. The van der Waals surface area contributed by atoms with Gasteiger partial charge in [-0.25, -0.2) is 9.37 Å². The number of carbonyl (C=O) groups is 3. The summed E-state index contributed by atoms with van der Waals surface area (Å²) in [5.74, 6) is -2.01. The van der Waals surface area contributed by atoms with Crippen molar-refractivity contribution in [2.45, 2.75) is 26.7 Å². The van der Waals surface area contributed by atoms with Gasteiger partial charge in [0.15, 0.2) is 5.13 Å². The van der Waals surface area contributed by atoms with Crippen molar-refractivity contribution < 1.29 is 23.9 Å². The van der Waals surface area contributed by atoms with Gasteiger partial charge in [0, 0.05) is 17.0 Å². The molecule has 7 nitrogen and oxygen atoms in total. The molecule has 0 atom stereocenters. The van der Waals surface area contributed by atoms with Crippen molar-refractivity contribution in [1.82, 2.24) is 9.88 Å². The first kappa shape index (κ1) is 21.6. The van der Waals surface area contributed by atoms with Gasteiger partial charge in [0.1, 0.15) is 11.6 Å². The number of aryl methyl sites for hydroxylation is 3. The molecule has 0 bridgehead atoms. The van der Waals surface area contributed by atoms with E-state index in [2.05, 4.69) is 10.3 Å². The number of imide groups is 1. The molecule has 1 aromatic heterocycles. The molecule has 1 aliphatic heterocycles. The lowest BCUT2D eigenvalue weighted by atomic mass is 10.1. The maximum Gasteiger partial charge on any atom is 0.265 e. The van der Waals surface area contributed by atoms with Crippen LogP contribution in [0.15, 0.2) is 36.4 Å². The smallest absolute Gasteiger partial charge is 0.265 e. The Hall–Kier alpha value is -3.59. The summed E-state index contributed by atoms with van der Waals surface area (Å²) in [5.41, 5.74) is 1.66. The number of phenolic OH excluding ortho intramolecular Hbond substituents is 1. The second kappa shape index (κ2) is 8.51. The van der Waals surface area contributed by atoms with Gasteiger partial charge in [0.05, 0.1) is 16.8 Å². The van der Waals surface area contributed by atoms with E-state index >= 15 is 0 Å². The van der Waals surface area contributed by atoms with Crippen molar-refractivity contribution in [2.75, 3.05) is 11.9 Å². The van der Waals surface area contributed by atoms with Crippen LogP contribution in [0.4, 0.5) is 9.52 Å². The summed E-state index contributed by atoms with van der Waals surface area (Å²) < 4.78 is 13.7. The Labute approximate surface area is 187 Å². The average molecular weight is 453 g/mol. The number of hydrogen-bond donors (Lipinski definition) is 2. The molecule has 0 saturated carbocycles. The van der Waals surface area contributed by atoms with Gasteiger partial charge in [-0.05, 0) is 56.5 Å². The standard InChI is InChI=1S/C23H20FN3O4S/c1-12-8-9-14(11-16(12)24)20(29)26-23-25-13(2)18(32-23)7-4-10-27-21(30)15-5-3-6-17(28)19(15)22(27)31/h3,5-6,8-9,11,28H,4,7,10H2,1-2H3,(H,25,26,29). The van der Waals surface area contributed by atoms with E-state index in [1.807, 2.05) is 6.92 Å². The first-order chi connectivity index (χ1) is 15.3. The third-order valence-electron chi connectivity index (χ3n) is 5.31. The van der Waals surface area contributed by atoms with Crippen LogP contribution < -0.4 is 5.32 Å². The molecular weight excluding hydrogens is 433 g/mol. The number of aromatic nitrogens is 1. The van der Waals surface area contributed by atoms with E-state index in [9.17, 15) is 23.9 Å². The molecule has 0 saturated heterocycles. The highest BCUT2D eigenvalue weighted by atomic mass is 32.1. The third kappa shape index (κ3) is 3.99. The number of benzene rings is 2. The molecule has 0 unspecified atom stereocenters. The minimum Gasteiger partial charge on any atom is -0.507 e. The first-order valence-corrected chi connectivity index (χ1v) is 10.8. The number of hydrogen-bond acceptors (Lipinski definition) is 6. The van der Waals surface area contributed by atoms with E-state index in [0.29, 0.717) is 23.5 Å². The zero-order chi connectivity index (χ0) is 23.0. The van der Waals surface area contributed by atoms with Crippen LogP contribution in [-0.4, -0.2) is 39.3 Å². The molecule has 0 aliphatic carbocycles. The summed E-state index contributed by atoms with van der Waals surface area (Å²) in [6, 6.07) is 8.72. The predicted molar refractivity (Wildman–Crippen MR) is 118 cm³/mol. The van der Waals surface area contributed by atoms with E-state index in [4.69, 9.17) is 0 Å². The monoisotopic (exact) mass is 453 g/mol. The molecule has 2 heterocycles. The number of nitrogens with zero attached hydrogens (tertiary/aromatic N) is 2. The molecule has 0 fully saturated rings. The van der Waals surface area contributed by atoms with Crippen LogP contribution in [0, 0.1) is 19.7 Å². The molecule has 2 N–H and O–H groups in total. The number of fused-ring (bicyclic) bond motifs is 1. The zero-order valence-electron chi connectivity index (χ0n) is 17.4. The summed E-state index contributed by atoms with van der Waals surface area (Å²) in [5, 5.41) is 13.0. The van der Waals surface area contributed by atoms with Crippen molar-refractivity contribution in [1.29, 1.82) is 0 Å². The lowest BCUT2D eigenvalue weighted by Crippen LogP contribution is -2.30. The number of thiazole rings is 1. The summed E-state index contributed by atoms with van der Waals surface area (Å²) in [4.78, 5) is 43.8. The average Bonchev–Trinajstić information content (AvgIpc) is 3.22. The van der Waals surface area contributed by atoms with E-state index in [0.717, 1.165) is 15.5 Å². The molecular formula is C23H20FN3O4S. The van der Waals surface area contributed by atoms with Crippen LogP contribution in [-0.2, 0) is 6.42 Å². The van der Waals surface area contributed by atoms with Crippen molar-refractivity contribution >= 4 is 34.2 Å². The molecule has 9 heteroatoms. The molecule has 0 radical (unpaired) electrons. The Kier molecular flexibility index (Phi) is 5.75. The van der Waals surface area contributed by atoms with Crippen molar-refractivity contribution in [3.63, 3.8) is 0 Å². The maximum atomic E-state index is 13.7. The van der Waals surface area contributed by atoms with E-state index in [-0.39, 0.29) is 29.0 Å². The molecule has 4 rings (SSSR count). The highest BCUT2D eigenvalue weighted by Crippen LogP contribution is 2.30. The van der Waals surface area contributed by atoms with Crippen LogP contribution >= 0.6 is 11.3 Å². The Bertz CT molecular complexity index is 1250. The van der Waals surface area contributed by atoms with Crippen molar-refractivity contribution in [2.24, 2.45) is 0 Å². The molecule has 2 aromatic carbocycles. The lowest BCUT2D eigenvalue weighted by molar-refractivity contribution is 0.0651. The molecule has 32 heavy (non-hydrogen) atoms. The molecule has 3 amide bonds. The number of rotatable bonds is 6. The van der Waals surface area contributed by atoms with Gasteiger partial charge in [-0.1, -0.05) is 12.1 Å². The van der Waals surface area contributed by atoms with Gasteiger partial charge >= 0.3 is 0 Å². The van der Waals surface area contributed by atoms with Crippen molar-refractivity contribution in [3.8, 4) is 5.75 Å². The zero-order valence-corrected chi connectivity index (χ0v) is 18.3. The largest absolute Gasteiger partial charge is 0.507 e. The lowest BCUT2D eigenvalue weighted by Gasteiger charge is -2.13. The maximum absolute atomic E-state index is 13.7. The summed E-state index contributed by atoms with van der Waals surface area (Å²) in [6.45, 7) is 3.64. The van der Waals surface area contributed by atoms with Gasteiger partial charge in [-0.3, -0.25) is 24.6 Å². The number of carbonyl (C=O) groups excluding carboxylic acids is 3. The minimum absolute atomic E-state index is 0.0454. The summed E-state index contributed by atoms with van der Waals surface area (Å²) in [7, 11) is 0. The highest BCUT2D eigenvalue weighted by molar-refractivity contribution is 7.15. The Morgan fingerprint density at radius 2 is 1.97 bits per heavy atom. The normalized spacial score (nSPS) is 12.9. The Balaban J connectivity index is 1.38. The SMILES string of the molecule is Cc1ccc(C(=O)Nc2nc(C)c(CCCN3C(=O)c4cccc(O)c4C3=O)s2)cc1F. The first-order valence-electron chi connectivity index (χ1n) is 9.98. The van der Waals surface area contributed by atoms with Gasteiger partial charge in [0.2, 0.25) is 0 Å². The summed E-state index contributed by atoms with van der Waals surface area (Å²) in [6.07, 6.45) is 1.06. The predicted octanol–water partition coefficient (Wildman–Crippen LogP) is 4.09. The van der Waals surface area contributed by atoms with Gasteiger partial charge < -0.3 is 5.11 Å². The van der Waals surface area contributed by atoms with Gasteiger partial charge in [0.25, 0.3) is 17.7 Å². The van der Waals surface area contributed by atoms with E-state index in [1.165, 1.54) is 35.6 Å². The van der Waals surface area contributed by atoms with Crippen LogP contribution in [0.5, 0.6) is 5.75 Å². The van der Waals surface area contributed by atoms with Crippen LogP contribution in [0.2, 0.25) is 0 Å². The molecule has 164 valence electrons. The van der Waals surface area contributed by atoms with Gasteiger partial charge in [-0.15, -0.1) is 11.3 Å². The van der Waals surface area contributed by atoms with Crippen LogP contribution in [0.3, 0.4) is 0 Å². The summed E-state index contributed by atoms with van der Waals surface area (Å²) >= 11 is 1.30. The highest BCUT2D eigenvalue weighted by Gasteiger charge is 2.37. The molecule has 1 aliphatic rings. The fraction of sp³-hybridized carbons (Fsp3) is 0.217. The molecule has 0 spiro atoms. The Morgan fingerprint density at radius 3 is 2.69 bits per heavy atom. The third-order valence-corrected chi connectivity index (χ3v) is 6.44. The second-order valence-corrected chi connectivity index (χ2v) is 8.59.